The normalized spacial score (nSPS) is 20.1. The van der Waals surface area contributed by atoms with Crippen LogP contribution in [0.3, 0.4) is 0 Å². The zero-order valence-corrected chi connectivity index (χ0v) is 9.55. The summed E-state index contributed by atoms with van der Waals surface area (Å²) in [6.45, 7) is 4.05. The molecule has 0 saturated carbocycles. The number of halogens is 1. The van der Waals surface area contributed by atoms with Gasteiger partial charge in [0.1, 0.15) is 5.82 Å². The molecule has 1 aromatic heterocycles. The van der Waals surface area contributed by atoms with Gasteiger partial charge in [-0.1, -0.05) is 6.92 Å². The lowest BCUT2D eigenvalue weighted by atomic mass is 9.95. The van der Waals surface area contributed by atoms with Crippen LogP contribution in [0.5, 0.6) is 0 Å². The van der Waals surface area contributed by atoms with Crippen molar-refractivity contribution in [3.8, 4) is 0 Å². The first-order valence-electron chi connectivity index (χ1n) is 5.66. The molecule has 3 heteroatoms. The van der Waals surface area contributed by atoms with E-state index in [2.05, 4.69) is 23.9 Å². The number of rotatable bonds is 0. The van der Waals surface area contributed by atoms with Crippen molar-refractivity contribution in [3.63, 3.8) is 0 Å². The lowest BCUT2D eigenvalue weighted by Crippen LogP contribution is -2.27. The van der Waals surface area contributed by atoms with E-state index in [9.17, 15) is 4.39 Å². The third-order valence-corrected chi connectivity index (χ3v) is 3.56. The van der Waals surface area contributed by atoms with E-state index >= 15 is 0 Å². The van der Waals surface area contributed by atoms with Gasteiger partial charge in [0.15, 0.2) is 0 Å². The second-order valence-corrected chi connectivity index (χ2v) is 4.61. The SMILES string of the molecule is CC1CNCc2c1c1cc(F)ccc1n2C. The highest BCUT2D eigenvalue weighted by Crippen LogP contribution is 2.33. The highest BCUT2D eigenvalue weighted by atomic mass is 19.1. The average molecular weight is 218 g/mol. The number of nitrogens with one attached hydrogen (secondary N) is 1. The zero-order chi connectivity index (χ0) is 11.3. The molecule has 1 aliphatic rings. The first kappa shape index (κ1) is 9.85. The van der Waals surface area contributed by atoms with Crippen molar-refractivity contribution in [2.75, 3.05) is 6.54 Å². The Bertz CT molecular complexity index is 557. The van der Waals surface area contributed by atoms with Gasteiger partial charge in [0, 0.05) is 36.7 Å². The Morgan fingerprint density at radius 3 is 3.06 bits per heavy atom. The van der Waals surface area contributed by atoms with Gasteiger partial charge in [-0.05, 0) is 29.7 Å². The molecule has 84 valence electrons. The van der Waals surface area contributed by atoms with Gasteiger partial charge in [0.2, 0.25) is 0 Å². The maximum atomic E-state index is 13.3. The molecule has 0 amide bonds. The standard InChI is InChI=1S/C13H15FN2/c1-8-6-15-7-12-13(8)10-5-9(14)3-4-11(10)16(12)2/h3-5,8,15H,6-7H2,1-2H3. The molecule has 0 radical (unpaired) electrons. The second kappa shape index (κ2) is 3.32. The van der Waals surface area contributed by atoms with Crippen molar-refractivity contribution in [2.24, 2.45) is 7.05 Å². The van der Waals surface area contributed by atoms with Gasteiger partial charge < -0.3 is 9.88 Å². The van der Waals surface area contributed by atoms with E-state index in [-0.39, 0.29) is 5.82 Å². The molecular weight excluding hydrogens is 203 g/mol. The molecule has 0 bridgehead atoms. The number of hydrogen-bond donors (Lipinski definition) is 1. The Labute approximate surface area is 94.1 Å². The lowest BCUT2D eigenvalue weighted by molar-refractivity contribution is 0.553. The molecule has 0 spiro atoms. The number of aromatic nitrogens is 1. The van der Waals surface area contributed by atoms with E-state index in [1.54, 1.807) is 6.07 Å². The minimum absolute atomic E-state index is 0.147. The molecule has 0 aliphatic carbocycles. The van der Waals surface area contributed by atoms with Crippen LogP contribution in [0.2, 0.25) is 0 Å². The van der Waals surface area contributed by atoms with E-state index in [0.717, 1.165) is 24.0 Å². The van der Waals surface area contributed by atoms with E-state index in [0.29, 0.717) is 5.92 Å². The van der Waals surface area contributed by atoms with Crippen LogP contribution >= 0.6 is 0 Å². The molecule has 0 saturated heterocycles. The van der Waals surface area contributed by atoms with Crippen LogP contribution in [0.25, 0.3) is 10.9 Å². The summed E-state index contributed by atoms with van der Waals surface area (Å²) in [6.07, 6.45) is 0. The molecule has 2 nitrogen and oxygen atoms in total. The summed E-state index contributed by atoms with van der Waals surface area (Å²) in [7, 11) is 2.05. The molecule has 1 N–H and O–H groups in total. The molecular formula is C13H15FN2. The van der Waals surface area contributed by atoms with Crippen LogP contribution in [0, 0.1) is 5.82 Å². The van der Waals surface area contributed by atoms with Crippen LogP contribution < -0.4 is 5.32 Å². The Balaban J connectivity index is 2.40. The minimum Gasteiger partial charge on any atom is -0.346 e. The fourth-order valence-electron chi connectivity index (χ4n) is 2.77. The first-order chi connectivity index (χ1) is 7.68. The van der Waals surface area contributed by atoms with Crippen molar-refractivity contribution in [1.29, 1.82) is 0 Å². The predicted molar refractivity (Wildman–Crippen MR) is 63.0 cm³/mol. The lowest BCUT2D eigenvalue weighted by Gasteiger charge is -2.21. The van der Waals surface area contributed by atoms with Gasteiger partial charge in [0.05, 0.1) is 0 Å². The van der Waals surface area contributed by atoms with Crippen molar-refractivity contribution in [2.45, 2.75) is 19.4 Å². The summed E-state index contributed by atoms with van der Waals surface area (Å²) in [5.74, 6) is 0.306. The summed E-state index contributed by atoms with van der Waals surface area (Å²) in [6, 6.07) is 5.07. The predicted octanol–water partition coefficient (Wildman–Crippen LogP) is 2.52. The highest BCUT2D eigenvalue weighted by Gasteiger charge is 2.23. The summed E-state index contributed by atoms with van der Waals surface area (Å²) in [5.41, 5.74) is 3.73. The quantitative estimate of drug-likeness (QED) is 0.719. The maximum absolute atomic E-state index is 13.3. The van der Waals surface area contributed by atoms with E-state index in [4.69, 9.17) is 0 Å². The Hall–Kier alpha value is -1.35. The van der Waals surface area contributed by atoms with Gasteiger partial charge in [0.25, 0.3) is 0 Å². The number of nitrogens with zero attached hydrogens (tertiary/aromatic N) is 1. The van der Waals surface area contributed by atoms with Crippen molar-refractivity contribution in [3.05, 3.63) is 35.3 Å². The number of benzene rings is 1. The summed E-state index contributed by atoms with van der Waals surface area (Å²) in [4.78, 5) is 0. The van der Waals surface area contributed by atoms with Gasteiger partial charge in [-0.3, -0.25) is 0 Å². The number of fused-ring (bicyclic) bond motifs is 3. The van der Waals surface area contributed by atoms with Crippen LogP contribution in [0.15, 0.2) is 18.2 Å². The van der Waals surface area contributed by atoms with Gasteiger partial charge in [-0.25, -0.2) is 4.39 Å². The first-order valence-corrected chi connectivity index (χ1v) is 5.66. The van der Waals surface area contributed by atoms with Crippen LogP contribution in [0.4, 0.5) is 4.39 Å². The topological polar surface area (TPSA) is 17.0 Å². The molecule has 3 rings (SSSR count). The molecule has 1 atom stereocenters. The molecule has 1 aliphatic heterocycles. The maximum Gasteiger partial charge on any atom is 0.123 e. The van der Waals surface area contributed by atoms with Gasteiger partial charge >= 0.3 is 0 Å². The Morgan fingerprint density at radius 1 is 1.44 bits per heavy atom. The van der Waals surface area contributed by atoms with Crippen LogP contribution in [0.1, 0.15) is 24.1 Å². The van der Waals surface area contributed by atoms with Crippen molar-refractivity contribution < 1.29 is 4.39 Å². The fraction of sp³-hybridized carbons (Fsp3) is 0.385. The van der Waals surface area contributed by atoms with Crippen molar-refractivity contribution >= 4 is 10.9 Å². The van der Waals surface area contributed by atoms with Crippen LogP contribution in [-0.4, -0.2) is 11.1 Å². The molecule has 2 aromatic rings. The third-order valence-electron chi connectivity index (χ3n) is 3.56. The van der Waals surface area contributed by atoms with Crippen molar-refractivity contribution in [1.82, 2.24) is 9.88 Å². The minimum atomic E-state index is -0.147. The van der Waals surface area contributed by atoms with E-state index < -0.39 is 0 Å². The molecule has 2 heterocycles. The van der Waals surface area contributed by atoms with Gasteiger partial charge in [-0.2, -0.15) is 0 Å². The number of aryl methyl sites for hydroxylation is 1. The summed E-state index contributed by atoms with van der Waals surface area (Å²) < 4.78 is 15.5. The molecule has 0 fully saturated rings. The smallest absolute Gasteiger partial charge is 0.123 e. The third kappa shape index (κ3) is 1.21. The Kier molecular flexibility index (Phi) is 2.04. The number of hydrogen-bond acceptors (Lipinski definition) is 1. The summed E-state index contributed by atoms with van der Waals surface area (Å²) >= 11 is 0. The highest BCUT2D eigenvalue weighted by molar-refractivity contribution is 5.86. The monoisotopic (exact) mass is 218 g/mol. The fourth-order valence-corrected chi connectivity index (χ4v) is 2.77. The van der Waals surface area contributed by atoms with E-state index in [1.807, 2.05) is 6.07 Å². The van der Waals surface area contributed by atoms with E-state index in [1.165, 1.54) is 17.3 Å². The Morgan fingerprint density at radius 2 is 2.25 bits per heavy atom. The average Bonchev–Trinajstić information content (AvgIpc) is 2.54. The van der Waals surface area contributed by atoms with Crippen LogP contribution in [-0.2, 0) is 13.6 Å². The molecule has 1 unspecified atom stereocenters. The van der Waals surface area contributed by atoms with Gasteiger partial charge in [-0.15, -0.1) is 0 Å². The molecule has 1 aromatic carbocycles. The summed E-state index contributed by atoms with van der Waals surface area (Å²) in [5, 5.41) is 4.47. The largest absolute Gasteiger partial charge is 0.346 e. The zero-order valence-electron chi connectivity index (χ0n) is 9.55. The second-order valence-electron chi connectivity index (χ2n) is 4.61. The molecule has 16 heavy (non-hydrogen) atoms.